The van der Waals surface area contributed by atoms with Crippen molar-refractivity contribution in [2.24, 2.45) is 11.8 Å². The average Bonchev–Trinajstić information content (AvgIpc) is 2.82. The van der Waals surface area contributed by atoms with Gasteiger partial charge in [0, 0.05) is 5.92 Å². The maximum absolute atomic E-state index is 9.79. The van der Waals surface area contributed by atoms with E-state index in [2.05, 4.69) is 0 Å². The number of aliphatic hydroxyl groups excluding tert-OH is 2. The summed E-state index contributed by atoms with van der Waals surface area (Å²) in [4.78, 5) is 0. The van der Waals surface area contributed by atoms with Crippen LogP contribution >= 0.6 is 0 Å². The highest BCUT2D eigenvalue weighted by Crippen LogP contribution is 2.52. The fourth-order valence-electron chi connectivity index (χ4n) is 2.62. The minimum atomic E-state index is -0.819. The Morgan fingerprint density at radius 1 is 1.31 bits per heavy atom. The largest absolute Gasteiger partial charge is 0.472 e. The number of hydrogen-bond acceptors (Lipinski definition) is 4. The van der Waals surface area contributed by atoms with Crippen molar-refractivity contribution >= 4 is 0 Å². The summed E-state index contributed by atoms with van der Waals surface area (Å²) in [7, 11) is 0. The molecule has 2 fully saturated rings. The quantitative estimate of drug-likeness (QED) is 0.503. The molecule has 0 aromatic heterocycles. The lowest BCUT2D eigenvalue weighted by atomic mass is 9.86. The Morgan fingerprint density at radius 3 is 2.77 bits per heavy atom. The topological polar surface area (TPSA) is 62.2 Å². The first kappa shape index (κ1) is 7.79. The molecule has 1 saturated carbocycles. The second kappa shape index (κ2) is 2.26. The van der Waals surface area contributed by atoms with Crippen molar-refractivity contribution in [3.63, 3.8) is 0 Å². The maximum Gasteiger partial charge on any atom is 0.202 e. The molecule has 0 aromatic carbocycles. The van der Waals surface area contributed by atoms with E-state index in [0.717, 1.165) is 5.57 Å². The van der Waals surface area contributed by atoms with Crippen LogP contribution in [0.15, 0.2) is 11.8 Å². The zero-order valence-electron chi connectivity index (χ0n) is 7.25. The minimum absolute atomic E-state index is 0.00125. The number of hydrogen-bond donors (Lipinski definition) is 2. The molecule has 4 heteroatoms. The van der Waals surface area contributed by atoms with Gasteiger partial charge in [0.25, 0.3) is 0 Å². The Bertz CT molecular complexity index is 275. The summed E-state index contributed by atoms with van der Waals surface area (Å²) >= 11 is 0. The Morgan fingerprint density at radius 2 is 2.08 bits per heavy atom. The van der Waals surface area contributed by atoms with E-state index in [-0.39, 0.29) is 24.0 Å². The molecule has 2 N–H and O–H groups in total. The van der Waals surface area contributed by atoms with Crippen LogP contribution in [0, 0.1) is 11.8 Å². The monoisotopic (exact) mass is 184 g/mol. The van der Waals surface area contributed by atoms with Gasteiger partial charge in [0.2, 0.25) is 6.29 Å². The van der Waals surface area contributed by atoms with Crippen molar-refractivity contribution < 1.29 is 19.7 Å². The molecule has 4 nitrogen and oxygen atoms in total. The third-order valence-electron chi connectivity index (χ3n) is 3.31. The van der Waals surface area contributed by atoms with Crippen LogP contribution in [-0.4, -0.2) is 34.8 Å². The van der Waals surface area contributed by atoms with Crippen molar-refractivity contribution in [1.82, 2.24) is 0 Å². The normalized spacial score (nSPS) is 57.6. The van der Waals surface area contributed by atoms with Crippen LogP contribution in [0.4, 0.5) is 0 Å². The van der Waals surface area contributed by atoms with Crippen molar-refractivity contribution in [2.45, 2.75) is 31.5 Å². The molecule has 0 radical (unpaired) electrons. The number of rotatable bonds is 0. The van der Waals surface area contributed by atoms with Gasteiger partial charge in [0.05, 0.1) is 24.4 Å². The van der Waals surface area contributed by atoms with E-state index in [1.807, 2.05) is 6.92 Å². The lowest BCUT2D eigenvalue weighted by Gasteiger charge is -2.32. The van der Waals surface area contributed by atoms with Gasteiger partial charge < -0.3 is 19.7 Å². The number of fused-ring (bicyclic) bond motifs is 3. The van der Waals surface area contributed by atoms with E-state index in [1.54, 1.807) is 6.26 Å². The molecule has 6 unspecified atom stereocenters. The summed E-state index contributed by atoms with van der Waals surface area (Å²) in [6.45, 7) is 1.91. The van der Waals surface area contributed by atoms with Gasteiger partial charge in [-0.2, -0.15) is 0 Å². The lowest BCUT2D eigenvalue weighted by molar-refractivity contribution is -0.134. The average molecular weight is 184 g/mol. The van der Waals surface area contributed by atoms with Crippen molar-refractivity contribution in [3.8, 4) is 0 Å². The Hall–Kier alpha value is -0.580. The van der Waals surface area contributed by atoms with Gasteiger partial charge in [-0.3, -0.25) is 0 Å². The highest BCUT2D eigenvalue weighted by atomic mass is 16.6. The van der Waals surface area contributed by atoms with E-state index < -0.39 is 12.4 Å². The summed E-state index contributed by atoms with van der Waals surface area (Å²) in [6.07, 6.45) is 0.179. The fourth-order valence-corrected chi connectivity index (χ4v) is 2.62. The molecule has 0 aromatic rings. The molecule has 1 saturated heterocycles. The van der Waals surface area contributed by atoms with Crippen LogP contribution in [-0.2, 0) is 9.47 Å². The number of aliphatic hydroxyl groups is 2. The van der Waals surface area contributed by atoms with Gasteiger partial charge in [-0.25, -0.2) is 0 Å². The molecule has 2 heterocycles. The van der Waals surface area contributed by atoms with Crippen LogP contribution in [0.1, 0.15) is 6.92 Å². The summed E-state index contributed by atoms with van der Waals surface area (Å²) in [5, 5.41) is 19.3. The van der Waals surface area contributed by atoms with Gasteiger partial charge >= 0.3 is 0 Å². The van der Waals surface area contributed by atoms with Gasteiger partial charge in [-0.1, -0.05) is 0 Å². The third-order valence-corrected chi connectivity index (χ3v) is 3.31. The highest BCUT2D eigenvalue weighted by molar-refractivity contribution is 5.21. The molecule has 3 rings (SSSR count). The van der Waals surface area contributed by atoms with Crippen LogP contribution in [0.5, 0.6) is 0 Å². The predicted molar refractivity (Wildman–Crippen MR) is 42.5 cm³/mol. The van der Waals surface area contributed by atoms with Gasteiger partial charge in [0.1, 0.15) is 6.10 Å². The summed E-state index contributed by atoms with van der Waals surface area (Å²) in [5.41, 5.74) is 0.999. The van der Waals surface area contributed by atoms with Crippen LogP contribution < -0.4 is 0 Å². The molecule has 3 aliphatic rings. The first-order valence-electron chi connectivity index (χ1n) is 4.54. The number of epoxide rings is 1. The first-order chi connectivity index (χ1) is 6.20. The summed E-state index contributed by atoms with van der Waals surface area (Å²) < 4.78 is 10.3. The standard InChI is InChI=1S/C9H12O4/c1-3-2-12-9(11)5-4(3)6(10)8-7(5)13-8/h2,4-11H,1H3. The molecule has 0 bridgehead atoms. The molecule has 6 atom stereocenters. The fraction of sp³-hybridized carbons (Fsp3) is 0.778. The van der Waals surface area contributed by atoms with Crippen LogP contribution in [0.25, 0.3) is 0 Å². The third kappa shape index (κ3) is 0.855. The lowest BCUT2D eigenvalue weighted by Crippen LogP contribution is -2.38. The smallest absolute Gasteiger partial charge is 0.202 e. The highest BCUT2D eigenvalue weighted by Gasteiger charge is 2.65. The van der Waals surface area contributed by atoms with E-state index in [4.69, 9.17) is 9.47 Å². The Labute approximate surface area is 75.8 Å². The van der Waals surface area contributed by atoms with Gasteiger partial charge in [-0.05, 0) is 12.5 Å². The maximum atomic E-state index is 9.79. The molecule has 13 heavy (non-hydrogen) atoms. The molecular formula is C9H12O4. The molecule has 2 aliphatic heterocycles. The first-order valence-corrected chi connectivity index (χ1v) is 4.54. The second-order valence-electron chi connectivity index (χ2n) is 4.05. The van der Waals surface area contributed by atoms with Gasteiger partial charge in [0.15, 0.2) is 0 Å². The molecule has 0 amide bonds. The van der Waals surface area contributed by atoms with Crippen LogP contribution in [0.2, 0.25) is 0 Å². The Kier molecular flexibility index (Phi) is 1.35. The SMILES string of the molecule is CC1=COC(O)C2C3OC3C(O)C12. The second-order valence-corrected chi connectivity index (χ2v) is 4.05. The van der Waals surface area contributed by atoms with E-state index >= 15 is 0 Å². The van der Waals surface area contributed by atoms with E-state index in [1.165, 1.54) is 0 Å². The molecular weight excluding hydrogens is 172 g/mol. The van der Waals surface area contributed by atoms with Crippen LogP contribution in [0.3, 0.4) is 0 Å². The molecule has 0 spiro atoms. The Balaban J connectivity index is 1.97. The summed E-state index contributed by atoms with van der Waals surface area (Å²) in [5.74, 6) is -0.0579. The van der Waals surface area contributed by atoms with Crippen molar-refractivity contribution in [3.05, 3.63) is 11.8 Å². The summed E-state index contributed by atoms with van der Waals surface area (Å²) in [6, 6.07) is 0. The molecule has 72 valence electrons. The van der Waals surface area contributed by atoms with Gasteiger partial charge in [-0.15, -0.1) is 0 Å². The van der Waals surface area contributed by atoms with E-state index in [9.17, 15) is 10.2 Å². The zero-order chi connectivity index (χ0) is 9.16. The predicted octanol–water partition coefficient (Wildman–Crippen LogP) is -0.387. The van der Waals surface area contributed by atoms with E-state index in [0.29, 0.717) is 0 Å². The van der Waals surface area contributed by atoms with Crippen molar-refractivity contribution in [1.29, 1.82) is 0 Å². The zero-order valence-corrected chi connectivity index (χ0v) is 7.25. The number of ether oxygens (including phenoxy) is 2. The van der Waals surface area contributed by atoms with Crippen molar-refractivity contribution in [2.75, 3.05) is 0 Å². The molecule has 1 aliphatic carbocycles. The minimum Gasteiger partial charge on any atom is -0.472 e.